The zero-order valence-electron chi connectivity index (χ0n) is 28.2. The molecule has 4 aromatic rings. The Balaban J connectivity index is 1.38. The lowest BCUT2D eigenvalue weighted by molar-refractivity contribution is -0.230. The molecule has 2 aliphatic rings. The van der Waals surface area contributed by atoms with E-state index in [4.69, 9.17) is 14.5 Å². The first-order chi connectivity index (χ1) is 24.0. The van der Waals surface area contributed by atoms with E-state index in [-0.39, 0.29) is 49.2 Å². The van der Waals surface area contributed by atoms with Crippen LogP contribution < -0.4 is 10.9 Å². The topological polar surface area (TPSA) is 99.5 Å². The van der Waals surface area contributed by atoms with Crippen LogP contribution in [0.5, 0.6) is 0 Å². The van der Waals surface area contributed by atoms with Crippen LogP contribution >= 0.6 is 0 Å². The van der Waals surface area contributed by atoms with E-state index in [0.29, 0.717) is 58.2 Å². The average Bonchev–Trinajstić information content (AvgIpc) is 3.46. The lowest BCUT2D eigenvalue weighted by Crippen LogP contribution is -2.42. The SMILES string of the molecule is CCC(C=O)c1cc2n(c(=O)c1COC)Cc1c-2nc2cc(F)c(C)c3c2c1C(C(OCNC(=O)CCCc1ccccc1)C(F)(F)F)CC3. The predicted molar refractivity (Wildman–Crippen MR) is 179 cm³/mol. The summed E-state index contributed by atoms with van der Waals surface area (Å²) in [6.45, 7) is 2.64. The van der Waals surface area contributed by atoms with E-state index in [0.717, 1.165) is 11.8 Å². The molecule has 3 heterocycles. The van der Waals surface area contributed by atoms with Crippen molar-refractivity contribution >= 4 is 23.1 Å². The zero-order chi connectivity index (χ0) is 35.7. The van der Waals surface area contributed by atoms with Gasteiger partial charge in [0.05, 0.1) is 30.1 Å². The number of hydrogen-bond acceptors (Lipinski definition) is 6. The molecule has 2 aromatic heterocycles. The van der Waals surface area contributed by atoms with Gasteiger partial charge >= 0.3 is 6.18 Å². The Kier molecular flexibility index (Phi) is 10.2. The lowest BCUT2D eigenvalue weighted by atomic mass is 9.75. The standard InChI is InChI=1S/C38H39F4N3O5/c1-4-23(18-46)26-15-31-35-27(17-45(31)37(48)28(26)19-49-3)33-25(14-13-24-21(2)29(39)16-30(44-35)34(24)33)36(38(40,41)42)50-20-43-32(47)12-8-11-22-9-6-5-7-10-22/h5-7,9-10,15-16,18,23,25,36H,4,8,11-14,17,19-20H2,1-3H3,(H,43,47). The second-order valence-corrected chi connectivity index (χ2v) is 13.0. The van der Waals surface area contributed by atoms with Gasteiger partial charge in [-0.15, -0.1) is 0 Å². The van der Waals surface area contributed by atoms with E-state index < -0.39 is 48.1 Å². The van der Waals surface area contributed by atoms with Gasteiger partial charge in [0, 0.05) is 47.9 Å². The highest BCUT2D eigenvalue weighted by molar-refractivity contribution is 5.93. The number of fused-ring (bicyclic) bond motifs is 4. The number of aryl methyl sites for hydroxylation is 2. The summed E-state index contributed by atoms with van der Waals surface area (Å²) in [6.07, 6.45) is -4.51. The fourth-order valence-corrected chi connectivity index (χ4v) is 7.55. The highest BCUT2D eigenvalue weighted by Crippen LogP contribution is 2.49. The number of nitrogens with one attached hydrogen (secondary N) is 1. The van der Waals surface area contributed by atoms with Gasteiger partial charge in [0.15, 0.2) is 6.10 Å². The van der Waals surface area contributed by atoms with Gasteiger partial charge in [0.2, 0.25) is 5.91 Å². The van der Waals surface area contributed by atoms with Crippen LogP contribution in [0.2, 0.25) is 0 Å². The van der Waals surface area contributed by atoms with Gasteiger partial charge in [0.1, 0.15) is 18.8 Å². The molecule has 264 valence electrons. The van der Waals surface area contributed by atoms with Gasteiger partial charge in [-0.3, -0.25) is 9.59 Å². The van der Waals surface area contributed by atoms with E-state index in [2.05, 4.69) is 5.32 Å². The van der Waals surface area contributed by atoms with Crippen molar-refractivity contribution in [2.75, 3.05) is 13.8 Å². The molecule has 50 heavy (non-hydrogen) atoms. The maximum absolute atomic E-state index is 15.2. The maximum atomic E-state index is 15.2. The number of carbonyl (C=O) groups is 2. The van der Waals surface area contributed by atoms with Crippen molar-refractivity contribution in [2.24, 2.45) is 0 Å². The third-order valence-corrected chi connectivity index (χ3v) is 10.0. The number of amides is 1. The number of halogens is 4. The quantitative estimate of drug-likeness (QED) is 0.0829. The third-order valence-electron chi connectivity index (χ3n) is 10.0. The Labute approximate surface area is 286 Å². The first kappa shape index (κ1) is 35.4. The molecule has 8 nitrogen and oxygen atoms in total. The average molecular weight is 694 g/mol. The van der Waals surface area contributed by atoms with Crippen LogP contribution in [0.15, 0.2) is 47.3 Å². The Morgan fingerprint density at radius 2 is 1.94 bits per heavy atom. The minimum Gasteiger partial charge on any atom is -0.380 e. The van der Waals surface area contributed by atoms with Gasteiger partial charge in [-0.1, -0.05) is 37.3 Å². The van der Waals surface area contributed by atoms with E-state index in [1.807, 2.05) is 37.3 Å². The maximum Gasteiger partial charge on any atom is 0.415 e. The molecule has 0 spiro atoms. The Morgan fingerprint density at radius 3 is 2.62 bits per heavy atom. The van der Waals surface area contributed by atoms with Gasteiger partial charge in [-0.2, -0.15) is 13.2 Å². The molecule has 1 aliphatic carbocycles. The number of aromatic nitrogens is 2. The fraction of sp³-hybridized carbons (Fsp3) is 0.421. The van der Waals surface area contributed by atoms with Crippen LogP contribution in [0.1, 0.15) is 83.4 Å². The van der Waals surface area contributed by atoms with Gasteiger partial charge in [0.25, 0.3) is 5.56 Å². The van der Waals surface area contributed by atoms with Crippen LogP contribution in [0.3, 0.4) is 0 Å². The van der Waals surface area contributed by atoms with Gasteiger partial charge in [-0.25, -0.2) is 9.37 Å². The number of nitrogens with zero attached hydrogens (tertiary/aromatic N) is 2. The van der Waals surface area contributed by atoms with Crippen LogP contribution in [0.4, 0.5) is 17.6 Å². The van der Waals surface area contributed by atoms with E-state index >= 15 is 4.39 Å². The number of aldehydes is 1. The summed E-state index contributed by atoms with van der Waals surface area (Å²) >= 11 is 0. The van der Waals surface area contributed by atoms with Crippen molar-refractivity contribution in [1.82, 2.24) is 14.9 Å². The largest absolute Gasteiger partial charge is 0.415 e. The highest BCUT2D eigenvalue weighted by atomic mass is 19.4. The fourth-order valence-electron chi connectivity index (χ4n) is 7.55. The Bertz CT molecular complexity index is 1990. The minimum atomic E-state index is -4.82. The molecule has 0 fully saturated rings. The highest BCUT2D eigenvalue weighted by Gasteiger charge is 2.49. The molecule has 6 rings (SSSR count). The summed E-state index contributed by atoms with van der Waals surface area (Å²) in [5.74, 6) is -2.80. The summed E-state index contributed by atoms with van der Waals surface area (Å²) < 4.78 is 72.3. The molecule has 3 unspecified atom stereocenters. The van der Waals surface area contributed by atoms with Crippen LogP contribution in [0, 0.1) is 12.7 Å². The molecular weight excluding hydrogens is 654 g/mol. The third kappa shape index (κ3) is 6.58. The van der Waals surface area contributed by atoms with E-state index in [1.54, 1.807) is 13.0 Å². The molecule has 12 heteroatoms. The Hall–Kier alpha value is -4.42. The second-order valence-electron chi connectivity index (χ2n) is 13.0. The van der Waals surface area contributed by atoms with Crippen LogP contribution in [-0.2, 0) is 45.1 Å². The number of carbonyl (C=O) groups excluding carboxylic acids is 2. The number of benzene rings is 2. The van der Waals surface area contributed by atoms with Gasteiger partial charge < -0.3 is 24.2 Å². The molecule has 0 radical (unpaired) electrons. The molecule has 0 bridgehead atoms. The number of pyridine rings is 2. The smallest absolute Gasteiger partial charge is 0.380 e. The zero-order valence-corrected chi connectivity index (χ0v) is 28.2. The summed E-state index contributed by atoms with van der Waals surface area (Å²) in [5, 5.41) is 2.91. The predicted octanol–water partition coefficient (Wildman–Crippen LogP) is 6.79. The second kappa shape index (κ2) is 14.4. The van der Waals surface area contributed by atoms with E-state index in [1.165, 1.54) is 17.7 Å². The van der Waals surface area contributed by atoms with Gasteiger partial charge in [-0.05, 0) is 72.9 Å². The monoisotopic (exact) mass is 693 g/mol. The first-order valence-electron chi connectivity index (χ1n) is 16.8. The van der Waals surface area contributed by atoms with E-state index in [9.17, 15) is 27.6 Å². The number of methoxy groups -OCH3 is 1. The molecule has 1 N–H and O–H groups in total. The van der Waals surface area contributed by atoms with Crippen molar-refractivity contribution in [2.45, 2.75) is 89.6 Å². The van der Waals surface area contributed by atoms with Crippen LogP contribution in [0.25, 0.3) is 22.3 Å². The number of rotatable bonds is 13. The normalized spacial score (nSPS) is 16.2. The number of alkyl halides is 3. The van der Waals surface area contributed by atoms with Crippen LogP contribution in [-0.4, -0.2) is 47.9 Å². The summed E-state index contributed by atoms with van der Waals surface area (Å²) in [7, 11) is 1.43. The number of hydrogen-bond donors (Lipinski definition) is 1. The van der Waals surface area contributed by atoms with Crippen molar-refractivity contribution in [3.8, 4) is 11.4 Å². The van der Waals surface area contributed by atoms with Crippen molar-refractivity contribution in [1.29, 1.82) is 0 Å². The van der Waals surface area contributed by atoms with Crippen molar-refractivity contribution in [3.63, 3.8) is 0 Å². The minimum absolute atomic E-state index is 0.00743. The molecule has 1 amide bonds. The Morgan fingerprint density at radius 1 is 1.18 bits per heavy atom. The molecule has 1 aliphatic heterocycles. The van der Waals surface area contributed by atoms with Crippen molar-refractivity contribution < 1.29 is 36.6 Å². The molecule has 0 saturated carbocycles. The molecular formula is C38H39F4N3O5. The lowest BCUT2D eigenvalue weighted by Gasteiger charge is -2.35. The molecule has 3 atom stereocenters. The summed E-state index contributed by atoms with van der Waals surface area (Å²) in [4.78, 5) is 43.3. The summed E-state index contributed by atoms with van der Waals surface area (Å²) in [5.41, 5.74) is 3.82. The summed E-state index contributed by atoms with van der Waals surface area (Å²) in [6, 6.07) is 12.5. The van der Waals surface area contributed by atoms with Crippen molar-refractivity contribution in [3.05, 3.63) is 97.6 Å². The number of ether oxygens (including phenoxy) is 2. The molecule has 0 saturated heterocycles. The first-order valence-corrected chi connectivity index (χ1v) is 16.8. The molecule has 2 aromatic carbocycles.